The number of aromatic nitrogens is 2. The number of fused-ring (bicyclic) bond motifs is 1. The smallest absolute Gasteiger partial charge is 0.112 e. The van der Waals surface area contributed by atoms with Crippen LogP contribution in [0.15, 0.2) is 85.1 Å². The molecule has 0 amide bonds. The van der Waals surface area contributed by atoms with E-state index in [9.17, 15) is 0 Å². The first-order valence-corrected chi connectivity index (χ1v) is 12.7. The average molecular weight is 425 g/mol. The van der Waals surface area contributed by atoms with Crippen molar-refractivity contribution in [2.75, 3.05) is 6.16 Å². The highest BCUT2D eigenvalue weighted by molar-refractivity contribution is 7.73. The Bertz CT molecular complexity index is 1120. The summed E-state index contributed by atoms with van der Waals surface area (Å²) < 4.78 is 2.42. The van der Waals surface area contributed by atoms with Crippen LogP contribution in [0, 0.1) is 13.8 Å². The Morgan fingerprint density at radius 3 is 2.23 bits per heavy atom. The summed E-state index contributed by atoms with van der Waals surface area (Å²) in [7, 11) is -0.407. The minimum atomic E-state index is -0.407. The molecule has 0 bridgehead atoms. The molecule has 0 unspecified atom stereocenters. The highest BCUT2D eigenvalue weighted by Gasteiger charge is 2.27. The summed E-state index contributed by atoms with van der Waals surface area (Å²) in [6.45, 7) is 5.43. The third-order valence-corrected chi connectivity index (χ3v) is 8.97. The zero-order valence-electron chi connectivity index (χ0n) is 18.3. The lowest BCUT2D eigenvalue weighted by molar-refractivity contribution is 0.467. The molecule has 31 heavy (non-hydrogen) atoms. The van der Waals surface area contributed by atoms with Crippen molar-refractivity contribution in [3.8, 4) is 11.3 Å². The van der Waals surface area contributed by atoms with E-state index in [1.54, 1.807) is 0 Å². The molecule has 3 heteroatoms. The molecule has 0 saturated heterocycles. The van der Waals surface area contributed by atoms with Crippen LogP contribution in [0.5, 0.6) is 0 Å². The van der Waals surface area contributed by atoms with Crippen LogP contribution in [0.1, 0.15) is 35.7 Å². The Balaban J connectivity index is 1.50. The van der Waals surface area contributed by atoms with Crippen molar-refractivity contribution < 1.29 is 0 Å². The molecule has 5 rings (SSSR count). The summed E-state index contributed by atoms with van der Waals surface area (Å²) in [4.78, 5) is 5.21. The van der Waals surface area contributed by atoms with Crippen molar-refractivity contribution in [2.45, 2.75) is 39.2 Å². The summed E-state index contributed by atoms with van der Waals surface area (Å²) >= 11 is 0. The summed E-state index contributed by atoms with van der Waals surface area (Å²) in [5.41, 5.74) is 5.00. The number of imidazole rings is 1. The maximum absolute atomic E-state index is 5.21. The number of benzene rings is 3. The Labute approximate surface area is 186 Å². The molecular formula is C28H29N2P. The molecule has 0 saturated carbocycles. The molecule has 3 aromatic carbocycles. The summed E-state index contributed by atoms with van der Waals surface area (Å²) in [6.07, 6.45) is 5.90. The topological polar surface area (TPSA) is 17.8 Å². The lowest BCUT2D eigenvalue weighted by Gasteiger charge is -2.28. The number of rotatable bonds is 5. The quantitative estimate of drug-likeness (QED) is 0.350. The third kappa shape index (κ3) is 4.23. The number of aryl methyl sites for hydroxylation is 3. The van der Waals surface area contributed by atoms with Crippen LogP contribution in [0.2, 0.25) is 0 Å². The first-order valence-electron chi connectivity index (χ1n) is 11.2. The van der Waals surface area contributed by atoms with Gasteiger partial charge in [-0.3, -0.25) is 0 Å². The normalized spacial score (nSPS) is 15.8. The Hall–Kier alpha value is -2.70. The molecular weight excluding hydrogens is 395 g/mol. The van der Waals surface area contributed by atoms with E-state index in [2.05, 4.69) is 103 Å². The third-order valence-electron chi connectivity index (χ3n) is 6.32. The fraction of sp³-hybridized carbons (Fsp3) is 0.250. The van der Waals surface area contributed by atoms with Gasteiger partial charge in [0.15, 0.2) is 0 Å². The average Bonchev–Trinajstić information content (AvgIpc) is 3.23. The molecule has 1 aliphatic heterocycles. The molecule has 2 nitrogen and oxygen atoms in total. The van der Waals surface area contributed by atoms with E-state index in [0.717, 1.165) is 18.4 Å². The van der Waals surface area contributed by atoms with E-state index in [-0.39, 0.29) is 0 Å². The Morgan fingerprint density at radius 1 is 0.903 bits per heavy atom. The highest BCUT2D eigenvalue weighted by Crippen LogP contribution is 2.42. The van der Waals surface area contributed by atoms with Crippen molar-refractivity contribution in [2.24, 2.45) is 0 Å². The standard InChI is InChI=1S/C28H29N2P/c1-21-15-16-26(22(2)18-21)27-19-30-17-9-10-23(28(30)29-27)20-31(24-11-5-3-6-12-24)25-13-7-4-8-14-25/h3-8,11-16,18-19,23H,9-10,17,20H2,1-2H3/t23-/m0/s1. The second kappa shape index (κ2) is 8.81. The number of hydrogen-bond acceptors (Lipinski definition) is 1. The summed E-state index contributed by atoms with van der Waals surface area (Å²) in [5, 5.41) is 2.92. The number of nitrogens with zero attached hydrogens (tertiary/aromatic N) is 2. The second-order valence-corrected chi connectivity index (χ2v) is 10.9. The highest BCUT2D eigenvalue weighted by atomic mass is 31.1. The fourth-order valence-corrected chi connectivity index (χ4v) is 7.34. The van der Waals surface area contributed by atoms with Gasteiger partial charge in [0, 0.05) is 24.2 Å². The van der Waals surface area contributed by atoms with Gasteiger partial charge in [0.05, 0.1) is 5.69 Å². The van der Waals surface area contributed by atoms with Gasteiger partial charge in [-0.15, -0.1) is 0 Å². The van der Waals surface area contributed by atoms with Gasteiger partial charge in [-0.2, -0.15) is 0 Å². The molecule has 0 fully saturated rings. The van der Waals surface area contributed by atoms with Crippen LogP contribution in [0.3, 0.4) is 0 Å². The van der Waals surface area contributed by atoms with E-state index in [0.29, 0.717) is 5.92 Å². The molecule has 2 heterocycles. The Kier molecular flexibility index (Phi) is 5.74. The maximum Gasteiger partial charge on any atom is 0.112 e. The molecule has 0 N–H and O–H groups in total. The van der Waals surface area contributed by atoms with Gasteiger partial charge in [-0.1, -0.05) is 84.4 Å². The molecule has 1 atom stereocenters. The van der Waals surface area contributed by atoms with Crippen molar-refractivity contribution >= 4 is 18.5 Å². The molecule has 1 aliphatic rings. The minimum absolute atomic E-state index is 0.407. The van der Waals surface area contributed by atoms with Gasteiger partial charge >= 0.3 is 0 Å². The largest absolute Gasteiger partial charge is 0.334 e. The molecule has 156 valence electrons. The van der Waals surface area contributed by atoms with Crippen molar-refractivity contribution in [3.63, 3.8) is 0 Å². The van der Waals surface area contributed by atoms with Crippen LogP contribution in [-0.4, -0.2) is 15.7 Å². The van der Waals surface area contributed by atoms with Gasteiger partial charge in [0.1, 0.15) is 5.82 Å². The van der Waals surface area contributed by atoms with Crippen molar-refractivity contribution in [1.29, 1.82) is 0 Å². The first kappa shape index (κ1) is 20.2. The molecule has 4 aromatic rings. The lowest BCUT2D eigenvalue weighted by atomic mass is 10.0. The summed E-state index contributed by atoms with van der Waals surface area (Å²) in [5.74, 6) is 1.78. The predicted molar refractivity (Wildman–Crippen MR) is 133 cm³/mol. The van der Waals surface area contributed by atoms with Crippen LogP contribution in [0.4, 0.5) is 0 Å². The molecule has 0 radical (unpaired) electrons. The maximum atomic E-state index is 5.21. The fourth-order valence-electron chi connectivity index (χ4n) is 4.77. The van der Waals surface area contributed by atoms with Gasteiger partial charge in [0.2, 0.25) is 0 Å². The van der Waals surface area contributed by atoms with E-state index in [1.165, 1.54) is 46.0 Å². The van der Waals surface area contributed by atoms with Gasteiger partial charge in [0.25, 0.3) is 0 Å². The predicted octanol–water partition coefficient (Wildman–Crippen LogP) is 6.18. The van der Waals surface area contributed by atoms with Crippen LogP contribution >= 0.6 is 7.92 Å². The van der Waals surface area contributed by atoms with Crippen LogP contribution in [-0.2, 0) is 6.54 Å². The van der Waals surface area contributed by atoms with Crippen LogP contribution < -0.4 is 10.6 Å². The van der Waals surface area contributed by atoms with E-state index >= 15 is 0 Å². The van der Waals surface area contributed by atoms with Gasteiger partial charge in [-0.05, 0) is 56.9 Å². The zero-order valence-corrected chi connectivity index (χ0v) is 19.2. The van der Waals surface area contributed by atoms with E-state index in [4.69, 9.17) is 4.98 Å². The van der Waals surface area contributed by atoms with E-state index in [1.807, 2.05) is 0 Å². The molecule has 0 spiro atoms. The molecule has 1 aromatic heterocycles. The number of hydrogen-bond donors (Lipinski definition) is 0. The van der Waals surface area contributed by atoms with Crippen LogP contribution in [0.25, 0.3) is 11.3 Å². The van der Waals surface area contributed by atoms with Gasteiger partial charge < -0.3 is 4.57 Å². The van der Waals surface area contributed by atoms with Crippen molar-refractivity contribution in [3.05, 3.63) is 102 Å². The Morgan fingerprint density at radius 2 is 1.58 bits per heavy atom. The van der Waals surface area contributed by atoms with E-state index < -0.39 is 7.92 Å². The minimum Gasteiger partial charge on any atom is -0.334 e. The monoisotopic (exact) mass is 424 g/mol. The lowest BCUT2D eigenvalue weighted by Crippen LogP contribution is -2.22. The first-order chi connectivity index (χ1) is 15.2. The molecule has 0 aliphatic carbocycles. The zero-order chi connectivity index (χ0) is 21.2. The van der Waals surface area contributed by atoms with Gasteiger partial charge in [-0.25, -0.2) is 4.98 Å². The summed E-state index contributed by atoms with van der Waals surface area (Å²) in [6, 6.07) is 28.8. The SMILES string of the molecule is Cc1ccc(-c2cn3c(n2)[C@H](CP(c2ccccc2)c2ccccc2)CCC3)c(C)c1. The van der Waals surface area contributed by atoms with Crippen molar-refractivity contribution in [1.82, 2.24) is 9.55 Å². The second-order valence-electron chi connectivity index (χ2n) is 8.62.